The van der Waals surface area contributed by atoms with Crippen LogP contribution in [0.2, 0.25) is 0 Å². The molecule has 0 aromatic carbocycles. The standard InChI is InChI=1S/C17H29N3/c1-6-9-20(14-7-8-14)16-11-13(12-18-5)10-15(19-16)17(2,3)4/h10-11,14,18H,6-9,12H2,1-5H3. The van der Waals surface area contributed by atoms with E-state index in [0.717, 1.165) is 19.1 Å². The molecular formula is C17H29N3. The van der Waals surface area contributed by atoms with E-state index < -0.39 is 0 Å². The molecule has 112 valence electrons. The van der Waals surface area contributed by atoms with E-state index in [9.17, 15) is 0 Å². The lowest BCUT2D eigenvalue weighted by Gasteiger charge is -2.27. The second-order valence-electron chi connectivity index (χ2n) is 6.92. The molecule has 0 radical (unpaired) electrons. The van der Waals surface area contributed by atoms with Gasteiger partial charge >= 0.3 is 0 Å². The monoisotopic (exact) mass is 275 g/mol. The summed E-state index contributed by atoms with van der Waals surface area (Å²) in [5.41, 5.74) is 2.63. The lowest BCUT2D eigenvalue weighted by molar-refractivity contribution is 0.565. The molecule has 0 bridgehead atoms. The van der Waals surface area contributed by atoms with Gasteiger partial charge in [0.15, 0.2) is 0 Å². The molecule has 0 amide bonds. The van der Waals surface area contributed by atoms with Crippen LogP contribution in [0.3, 0.4) is 0 Å². The maximum atomic E-state index is 4.97. The summed E-state index contributed by atoms with van der Waals surface area (Å²) in [6, 6.07) is 5.23. The van der Waals surface area contributed by atoms with E-state index in [1.807, 2.05) is 7.05 Å². The Morgan fingerprint density at radius 1 is 1.30 bits per heavy atom. The lowest BCUT2D eigenvalue weighted by Crippen LogP contribution is -2.29. The summed E-state index contributed by atoms with van der Waals surface area (Å²) in [4.78, 5) is 7.47. The smallest absolute Gasteiger partial charge is 0.129 e. The fraction of sp³-hybridized carbons (Fsp3) is 0.706. The van der Waals surface area contributed by atoms with Crippen LogP contribution in [-0.4, -0.2) is 24.6 Å². The predicted molar refractivity (Wildman–Crippen MR) is 86.4 cm³/mol. The number of aromatic nitrogens is 1. The van der Waals surface area contributed by atoms with E-state index in [2.05, 4.69) is 50.0 Å². The Morgan fingerprint density at radius 2 is 2.00 bits per heavy atom. The van der Waals surface area contributed by atoms with Gasteiger partial charge in [-0.2, -0.15) is 0 Å². The van der Waals surface area contributed by atoms with Crippen molar-refractivity contribution in [1.82, 2.24) is 10.3 Å². The zero-order chi connectivity index (χ0) is 14.8. The summed E-state index contributed by atoms with van der Waals surface area (Å²) in [6.07, 6.45) is 3.82. The van der Waals surface area contributed by atoms with Crippen LogP contribution in [0.15, 0.2) is 12.1 Å². The quantitative estimate of drug-likeness (QED) is 0.861. The third-order valence-corrected chi connectivity index (χ3v) is 3.77. The fourth-order valence-corrected chi connectivity index (χ4v) is 2.52. The average molecular weight is 275 g/mol. The molecule has 0 aliphatic heterocycles. The summed E-state index contributed by atoms with van der Waals surface area (Å²) < 4.78 is 0. The van der Waals surface area contributed by atoms with Crippen molar-refractivity contribution in [1.29, 1.82) is 0 Å². The molecule has 2 rings (SSSR count). The van der Waals surface area contributed by atoms with Crippen molar-refractivity contribution in [3.8, 4) is 0 Å². The molecule has 3 nitrogen and oxygen atoms in total. The molecule has 1 aliphatic rings. The Morgan fingerprint density at radius 3 is 2.50 bits per heavy atom. The number of hydrogen-bond acceptors (Lipinski definition) is 3. The summed E-state index contributed by atoms with van der Waals surface area (Å²) in [5, 5.41) is 3.26. The fourth-order valence-electron chi connectivity index (χ4n) is 2.52. The first-order chi connectivity index (χ1) is 9.45. The van der Waals surface area contributed by atoms with Gasteiger partial charge in [-0.05, 0) is 44.0 Å². The summed E-state index contributed by atoms with van der Waals surface area (Å²) >= 11 is 0. The lowest BCUT2D eigenvalue weighted by atomic mass is 9.90. The van der Waals surface area contributed by atoms with Gasteiger partial charge in [0.05, 0.1) is 0 Å². The SMILES string of the molecule is CCCN(c1cc(CNC)cc(C(C)(C)C)n1)C1CC1. The number of nitrogens with one attached hydrogen (secondary N) is 1. The number of pyridine rings is 1. The van der Waals surface area contributed by atoms with Gasteiger partial charge in [0, 0.05) is 30.2 Å². The highest BCUT2D eigenvalue weighted by atomic mass is 15.2. The van der Waals surface area contributed by atoms with E-state index in [1.54, 1.807) is 0 Å². The number of nitrogens with zero attached hydrogens (tertiary/aromatic N) is 2. The maximum Gasteiger partial charge on any atom is 0.129 e. The van der Waals surface area contributed by atoms with Gasteiger partial charge in [0.25, 0.3) is 0 Å². The Bertz CT molecular complexity index is 444. The molecule has 0 saturated heterocycles. The Kier molecular flexibility index (Phi) is 4.69. The van der Waals surface area contributed by atoms with Crippen LogP contribution in [0.1, 0.15) is 58.2 Å². The molecule has 1 aromatic heterocycles. The van der Waals surface area contributed by atoms with Gasteiger partial charge in [-0.15, -0.1) is 0 Å². The van der Waals surface area contributed by atoms with Crippen molar-refractivity contribution in [2.45, 2.75) is 65.0 Å². The first-order valence-electron chi connectivity index (χ1n) is 7.88. The van der Waals surface area contributed by atoms with Crippen molar-refractivity contribution in [2.24, 2.45) is 0 Å². The van der Waals surface area contributed by atoms with Gasteiger partial charge in [-0.25, -0.2) is 4.98 Å². The minimum absolute atomic E-state index is 0.0972. The van der Waals surface area contributed by atoms with Crippen molar-refractivity contribution >= 4 is 5.82 Å². The molecule has 0 unspecified atom stereocenters. The molecule has 0 spiro atoms. The molecule has 20 heavy (non-hydrogen) atoms. The highest BCUT2D eigenvalue weighted by Gasteiger charge is 2.30. The van der Waals surface area contributed by atoms with Gasteiger partial charge < -0.3 is 10.2 Å². The maximum absolute atomic E-state index is 4.97. The van der Waals surface area contributed by atoms with Gasteiger partial charge in [-0.1, -0.05) is 27.7 Å². The molecule has 0 atom stereocenters. The average Bonchev–Trinajstić information content (AvgIpc) is 3.19. The third kappa shape index (κ3) is 3.72. The van der Waals surface area contributed by atoms with Crippen molar-refractivity contribution < 1.29 is 0 Å². The first-order valence-corrected chi connectivity index (χ1v) is 7.88. The minimum Gasteiger partial charge on any atom is -0.354 e. The highest BCUT2D eigenvalue weighted by Crippen LogP contribution is 2.33. The predicted octanol–water partition coefficient (Wildman–Crippen LogP) is 3.48. The number of hydrogen-bond donors (Lipinski definition) is 1. The molecule has 1 N–H and O–H groups in total. The van der Waals surface area contributed by atoms with Crippen LogP contribution in [0.4, 0.5) is 5.82 Å². The number of rotatable bonds is 6. The van der Waals surface area contributed by atoms with Gasteiger partial charge in [0.1, 0.15) is 5.82 Å². The molecule has 1 fully saturated rings. The molecule has 1 aromatic rings. The van der Waals surface area contributed by atoms with Crippen LogP contribution in [-0.2, 0) is 12.0 Å². The highest BCUT2D eigenvalue weighted by molar-refractivity contribution is 5.46. The van der Waals surface area contributed by atoms with Crippen LogP contribution in [0.25, 0.3) is 0 Å². The van der Waals surface area contributed by atoms with Crippen LogP contribution < -0.4 is 10.2 Å². The normalized spacial score (nSPS) is 15.4. The van der Waals surface area contributed by atoms with Crippen molar-refractivity contribution in [3.05, 3.63) is 23.4 Å². The second-order valence-corrected chi connectivity index (χ2v) is 6.92. The Labute approximate surface area is 123 Å². The molecule has 1 heterocycles. The van der Waals surface area contributed by atoms with E-state index in [-0.39, 0.29) is 5.41 Å². The van der Waals surface area contributed by atoms with Gasteiger partial charge in [0.2, 0.25) is 0 Å². The third-order valence-electron chi connectivity index (χ3n) is 3.77. The van der Waals surface area contributed by atoms with E-state index in [1.165, 1.54) is 36.3 Å². The summed E-state index contributed by atoms with van der Waals surface area (Å²) in [5.74, 6) is 1.17. The zero-order valence-electron chi connectivity index (χ0n) is 13.7. The summed E-state index contributed by atoms with van der Waals surface area (Å²) in [7, 11) is 2.00. The first kappa shape index (κ1) is 15.3. The Hall–Kier alpha value is -1.09. The molecular weight excluding hydrogens is 246 g/mol. The molecule has 1 aliphatic carbocycles. The molecule has 3 heteroatoms. The van der Waals surface area contributed by atoms with Crippen molar-refractivity contribution in [3.63, 3.8) is 0 Å². The van der Waals surface area contributed by atoms with E-state index >= 15 is 0 Å². The summed E-state index contributed by atoms with van der Waals surface area (Å²) in [6.45, 7) is 11.0. The zero-order valence-corrected chi connectivity index (χ0v) is 13.7. The van der Waals surface area contributed by atoms with Crippen LogP contribution in [0, 0.1) is 0 Å². The van der Waals surface area contributed by atoms with Crippen LogP contribution in [0.5, 0.6) is 0 Å². The second kappa shape index (κ2) is 6.13. The van der Waals surface area contributed by atoms with E-state index in [4.69, 9.17) is 4.98 Å². The molecule has 1 saturated carbocycles. The Balaban J connectivity index is 2.36. The topological polar surface area (TPSA) is 28.2 Å². The largest absolute Gasteiger partial charge is 0.354 e. The van der Waals surface area contributed by atoms with Gasteiger partial charge in [-0.3, -0.25) is 0 Å². The van der Waals surface area contributed by atoms with Crippen molar-refractivity contribution in [2.75, 3.05) is 18.5 Å². The van der Waals surface area contributed by atoms with E-state index in [0.29, 0.717) is 0 Å². The van der Waals surface area contributed by atoms with Crippen LogP contribution >= 0.6 is 0 Å². The minimum atomic E-state index is 0.0972. The number of anilines is 1.